The molecule has 10 nitrogen and oxygen atoms in total. The minimum atomic E-state index is -3.14. The van der Waals surface area contributed by atoms with Crippen molar-refractivity contribution in [1.82, 2.24) is 5.32 Å². The number of rotatable bonds is 21. The molecular formula is C28H54Cl2F4N4O6. The molecule has 44 heavy (non-hydrogen) atoms. The van der Waals surface area contributed by atoms with Crippen molar-refractivity contribution in [1.29, 1.82) is 0 Å². The van der Waals surface area contributed by atoms with Gasteiger partial charge >= 0.3 is 11.9 Å². The predicted molar refractivity (Wildman–Crippen MR) is 166 cm³/mol. The van der Waals surface area contributed by atoms with Gasteiger partial charge in [0.2, 0.25) is 11.1 Å². The van der Waals surface area contributed by atoms with E-state index in [0.717, 1.165) is 51.4 Å². The van der Waals surface area contributed by atoms with Crippen LogP contribution in [0.4, 0.5) is 17.6 Å². The molecule has 0 aromatic heterocycles. The molecule has 0 rings (SSSR count). The fraction of sp³-hybridized carbons (Fsp3) is 0.857. The first kappa shape index (κ1) is 49.1. The highest BCUT2D eigenvalue weighted by Crippen LogP contribution is 2.20. The van der Waals surface area contributed by atoms with Gasteiger partial charge in [0.25, 0.3) is 12.9 Å². The highest BCUT2D eigenvalue weighted by Gasteiger charge is 2.43. The van der Waals surface area contributed by atoms with Crippen molar-refractivity contribution < 1.29 is 47.0 Å². The number of amides is 1. The van der Waals surface area contributed by atoms with Crippen LogP contribution in [-0.4, -0.2) is 70.3 Å². The second-order valence-electron chi connectivity index (χ2n) is 10.4. The molecule has 0 aliphatic carbocycles. The van der Waals surface area contributed by atoms with Gasteiger partial charge in [-0.05, 0) is 69.5 Å². The summed E-state index contributed by atoms with van der Waals surface area (Å²) in [5.74, 6) is -3.48. The molecule has 0 aromatic carbocycles. The van der Waals surface area contributed by atoms with E-state index in [-0.39, 0.29) is 74.2 Å². The van der Waals surface area contributed by atoms with Gasteiger partial charge in [-0.2, -0.15) is 0 Å². The summed E-state index contributed by atoms with van der Waals surface area (Å²) >= 11 is 5.36. The second-order valence-corrected chi connectivity index (χ2v) is 10.8. The van der Waals surface area contributed by atoms with Crippen molar-refractivity contribution in [2.45, 2.75) is 129 Å². The zero-order valence-electron chi connectivity index (χ0n) is 26.3. The Labute approximate surface area is 270 Å². The number of hydrogen-bond donors (Lipinski definition) is 6. The summed E-state index contributed by atoms with van der Waals surface area (Å²) < 4.78 is 49.5. The van der Waals surface area contributed by atoms with E-state index in [9.17, 15) is 36.7 Å². The normalized spacial score (nSPS) is 13.5. The SMILES string of the molecule is CCCC(CCC)C(=O)Cl.CCCC(CCC)C(=O)NCCCC(N)(C(=O)O)C(F)F.Cl.NCCCC(N)(C(=O)O)C(F)F. The van der Waals surface area contributed by atoms with E-state index in [1.54, 1.807) is 0 Å². The molecule has 9 N–H and O–H groups in total. The average Bonchev–Trinajstić information content (AvgIpc) is 2.93. The van der Waals surface area contributed by atoms with Gasteiger partial charge in [0, 0.05) is 18.4 Å². The summed E-state index contributed by atoms with van der Waals surface area (Å²) in [7, 11) is 0. The third kappa shape index (κ3) is 20.3. The Hall–Kier alpha value is -1.74. The Kier molecular flexibility index (Phi) is 30.8. The number of hydrogen-bond acceptors (Lipinski definition) is 7. The number of nitrogens with two attached hydrogens (primary N) is 3. The van der Waals surface area contributed by atoms with E-state index in [1.807, 2.05) is 13.8 Å². The molecule has 0 aliphatic heterocycles. The molecule has 16 heteroatoms. The maximum atomic E-state index is 12.7. The van der Waals surface area contributed by atoms with Crippen molar-refractivity contribution in [3.63, 3.8) is 0 Å². The van der Waals surface area contributed by atoms with E-state index in [1.165, 1.54) is 0 Å². The Balaban J connectivity index is -0.000000296. The Morgan fingerprint density at radius 2 is 1.07 bits per heavy atom. The van der Waals surface area contributed by atoms with Gasteiger partial charge in [-0.15, -0.1) is 12.4 Å². The molecule has 0 aromatic rings. The maximum Gasteiger partial charge on any atom is 0.329 e. The molecule has 0 bridgehead atoms. The van der Waals surface area contributed by atoms with Crippen LogP contribution in [0.2, 0.25) is 0 Å². The van der Waals surface area contributed by atoms with E-state index in [2.05, 4.69) is 19.2 Å². The second kappa shape index (κ2) is 27.6. The van der Waals surface area contributed by atoms with Gasteiger partial charge in [-0.25, -0.2) is 27.2 Å². The molecule has 2 unspecified atom stereocenters. The van der Waals surface area contributed by atoms with E-state index < -0.39 is 35.9 Å². The van der Waals surface area contributed by atoms with Crippen LogP contribution in [0.25, 0.3) is 0 Å². The number of carboxylic acid groups (broad SMARTS) is 2. The number of carboxylic acids is 2. The van der Waals surface area contributed by atoms with Crippen LogP contribution in [0.1, 0.15) is 105 Å². The Bertz CT molecular complexity index is 793. The number of halogens is 6. The quantitative estimate of drug-likeness (QED) is 0.0525. The number of aliphatic carboxylic acids is 2. The van der Waals surface area contributed by atoms with Gasteiger partial charge in [-0.3, -0.25) is 9.59 Å². The summed E-state index contributed by atoms with van der Waals surface area (Å²) in [6.45, 7) is 8.44. The molecular weight excluding hydrogens is 635 g/mol. The molecule has 0 spiro atoms. The van der Waals surface area contributed by atoms with Crippen LogP contribution < -0.4 is 22.5 Å². The minimum Gasteiger partial charge on any atom is -0.480 e. The lowest BCUT2D eigenvalue weighted by atomic mass is 9.95. The molecule has 0 aliphatic rings. The third-order valence-electron chi connectivity index (χ3n) is 6.68. The fourth-order valence-electron chi connectivity index (χ4n) is 3.92. The summed E-state index contributed by atoms with van der Waals surface area (Å²) in [4.78, 5) is 43.7. The van der Waals surface area contributed by atoms with Gasteiger partial charge in [0.05, 0.1) is 0 Å². The van der Waals surface area contributed by atoms with Crippen LogP contribution >= 0.6 is 24.0 Å². The standard InChI is InChI=1S/C14H26F2N2O3.C8H15ClO.C6H12F2N2O2.ClH/c1-3-6-10(7-4-2)11(19)18-9-5-8-14(17,12(15)16)13(20)21;1-3-5-7(6-4-2)8(9)10;7-4(8)6(10,5(11)12)2-1-3-9;/h10,12H,3-9,17H2,1-2H3,(H,18,19)(H,20,21);7H,3-6H2,1-2H3;4H,1-3,9-10H2,(H,11,12);1H. The summed E-state index contributed by atoms with van der Waals surface area (Å²) in [5, 5.41) is 19.6. The molecule has 0 saturated carbocycles. The van der Waals surface area contributed by atoms with E-state index >= 15 is 0 Å². The number of carbonyl (C=O) groups excluding carboxylic acids is 2. The van der Waals surface area contributed by atoms with Crippen LogP contribution in [0.15, 0.2) is 0 Å². The topological polar surface area (TPSA) is 199 Å². The zero-order chi connectivity index (χ0) is 34.2. The summed E-state index contributed by atoms with van der Waals surface area (Å²) in [6.07, 6.45) is 0.709. The number of nitrogens with one attached hydrogen (secondary N) is 1. The highest BCUT2D eigenvalue weighted by atomic mass is 35.5. The fourth-order valence-corrected chi connectivity index (χ4v) is 4.14. The molecule has 0 heterocycles. The number of alkyl halides is 4. The first-order chi connectivity index (χ1) is 20.0. The largest absolute Gasteiger partial charge is 0.480 e. The van der Waals surface area contributed by atoms with E-state index in [4.69, 9.17) is 39.0 Å². The number of carbonyl (C=O) groups is 4. The Morgan fingerprint density at radius 3 is 1.34 bits per heavy atom. The highest BCUT2D eigenvalue weighted by molar-refractivity contribution is 6.63. The van der Waals surface area contributed by atoms with Gasteiger partial charge in [0.1, 0.15) is 0 Å². The molecule has 0 radical (unpaired) electrons. The van der Waals surface area contributed by atoms with Crippen LogP contribution in [0, 0.1) is 11.8 Å². The summed E-state index contributed by atoms with van der Waals surface area (Å²) in [6, 6.07) is 0. The van der Waals surface area contributed by atoms with Crippen molar-refractivity contribution in [2.75, 3.05) is 13.1 Å². The van der Waals surface area contributed by atoms with Crippen LogP contribution in [-0.2, 0) is 19.2 Å². The molecule has 0 saturated heterocycles. The van der Waals surface area contributed by atoms with E-state index in [0.29, 0.717) is 0 Å². The Morgan fingerprint density at radius 1 is 0.727 bits per heavy atom. The van der Waals surface area contributed by atoms with Crippen molar-refractivity contribution >= 4 is 47.1 Å². The summed E-state index contributed by atoms with van der Waals surface area (Å²) in [5.41, 5.74) is 10.2. The van der Waals surface area contributed by atoms with Gasteiger partial charge < -0.3 is 32.7 Å². The van der Waals surface area contributed by atoms with Crippen LogP contribution in [0.3, 0.4) is 0 Å². The monoisotopic (exact) mass is 688 g/mol. The van der Waals surface area contributed by atoms with Crippen molar-refractivity contribution in [2.24, 2.45) is 29.0 Å². The predicted octanol–water partition coefficient (Wildman–Crippen LogP) is 5.31. The lowest BCUT2D eigenvalue weighted by molar-refractivity contribution is -0.151. The molecule has 264 valence electrons. The first-order valence-electron chi connectivity index (χ1n) is 14.7. The van der Waals surface area contributed by atoms with Gasteiger partial charge in [-0.1, -0.05) is 53.4 Å². The smallest absolute Gasteiger partial charge is 0.329 e. The minimum absolute atomic E-state index is 0. The molecule has 1 amide bonds. The van der Waals surface area contributed by atoms with Crippen molar-refractivity contribution in [3.8, 4) is 0 Å². The average molecular weight is 690 g/mol. The zero-order valence-corrected chi connectivity index (χ0v) is 27.8. The molecule has 0 fully saturated rings. The molecule has 2 atom stereocenters. The first-order valence-corrected chi connectivity index (χ1v) is 15.1. The lowest BCUT2D eigenvalue weighted by Crippen LogP contribution is -2.54. The third-order valence-corrected chi connectivity index (χ3v) is 6.99. The van der Waals surface area contributed by atoms with Crippen molar-refractivity contribution in [3.05, 3.63) is 0 Å². The van der Waals surface area contributed by atoms with Crippen LogP contribution in [0.5, 0.6) is 0 Å². The maximum absolute atomic E-state index is 12.7. The lowest BCUT2D eigenvalue weighted by Gasteiger charge is -2.23. The van der Waals surface area contributed by atoms with Gasteiger partial charge in [0.15, 0.2) is 11.1 Å².